The van der Waals surface area contributed by atoms with Gasteiger partial charge in [-0.2, -0.15) is 5.10 Å². The van der Waals surface area contributed by atoms with Crippen LogP contribution < -0.4 is 5.73 Å². The third kappa shape index (κ3) is 1.76. The Morgan fingerprint density at radius 1 is 1.35 bits per heavy atom. The minimum Gasteiger partial charge on any atom is -0.369 e. The molecule has 1 amide bonds. The van der Waals surface area contributed by atoms with E-state index in [4.69, 9.17) is 5.73 Å². The number of hydrogen-bond acceptors (Lipinski definition) is 4. The van der Waals surface area contributed by atoms with Crippen molar-refractivity contribution in [2.75, 3.05) is 18.8 Å². The highest BCUT2D eigenvalue weighted by Crippen LogP contribution is 2.26. The summed E-state index contributed by atoms with van der Waals surface area (Å²) < 4.78 is 3.53. The maximum atomic E-state index is 12.5. The van der Waals surface area contributed by atoms with Gasteiger partial charge < -0.3 is 10.6 Å². The molecule has 2 aromatic heterocycles. The third-order valence-corrected chi connectivity index (χ3v) is 4.02. The molecule has 1 unspecified atom stereocenters. The zero-order chi connectivity index (χ0) is 14.4. The first kappa shape index (κ1) is 13.0. The Labute approximate surface area is 117 Å². The summed E-state index contributed by atoms with van der Waals surface area (Å²) in [6.45, 7) is 5.45. The number of aromatic nitrogens is 4. The predicted octanol–water partition coefficient (Wildman–Crippen LogP) is 0.844. The molecule has 1 aliphatic heterocycles. The Balaban J connectivity index is 2.04. The van der Waals surface area contributed by atoms with Crippen molar-refractivity contribution >= 4 is 23.0 Å². The zero-order valence-corrected chi connectivity index (χ0v) is 12.1. The van der Waals surface area contributed by atoms with Gasteiger partial charge in [0, 0.05) is 20.1 Å². The van der Waals surface area contributed by atoms with Crippen LogP contribution in [0.25, 0.3) is 11.2 Å². The van der Waals surface area contributed by atoms with E-state index in [1.54, 1.807) is 9.25 Å². The van der Waals surface area contributed by atoms with Crippen LogP contribution >= 0.6 is 0 Å². The molecule has 0 aliphatic carbocycles. The summed E-state index contributed by atoms with van der Waals surface area (Å²) in [5.41, 5.74) is 8.42. The van der Waals surface area contributed by atoms with Crippen molar-refractivity contribution in [3.8, 4) is 0 Å². The number of nitrogens with zero attached hydrogens (tertiary/aromatic N) is 5. The van der Waals surface area contributed by atoms with Crippen LogP contribution in [0.2, 0.25) is 0 Å². The minimum absolute atomic E-state index is 0.104. The Bertz CT molecular complexity index is 664. The van der Waals surface area contributed by atoms with E-state index in [-0.39, 0.29) is 11.9 Å². The topological polar surface area (TPSA) is 82.0 Å². The number of imidazole rings is 1. The molecule has 2 aromatic rings. The van der Waals surface area contributed by atoms with Crippen LogP contribution in [0.15, 0.2) is 0 Å². The van der Waals surface area contributed by atoms with Crippen molar-refractivity contribution in [3.05, 3.63) is 5.69 Å². The highest BCUT2D eigenvalue weighted by atomic mass is 16.2. The number of amides is 1. The van der Waals surface area contributed by atoms with Gasteiger partial charge >= 0.3 is 0 Å². The number of carbonyl (C=O) groups excluding carboxylic acids is 1. The monoisotopic (exact) mass is 276 g/mol. The summed E-state index contributed by atoms with van der Waals surface area (Å²) in [7, 11) is 1.85. The lowest BCUT2D eigenvalue weighted by Crippen LogP contribution is -2.34. The fourth-order valence-electron chi connectivity index (χ4n) is 3.01. The van der Waals surface area contributed by atoms with Gasteiger partial charge in [0.15, 0.2) is 5.65 Å². The van der Waals surface area contributed by atoms with Gasteiger partial charge in [0.2, 0.25) is 11.9 Å². The number of anilines is 1. The van der Waals surface area contributed by atoms with Gasteiger partial charge in [0.1, 0.15) is 11.6 Å². The smallest absolute Gasteiger partial charge is 0.245 e. The average molecular weight is 276 g/mol. The molecule has 20 heavy (non-hydrogen) atoms. The molecule has 1 aliphatic rings. The average Bonchev–Trinajstić information content (AvgIpc) is 3.08. The SMILES string of the molecule is Cc1nn(C)c2c1nc(N)n2C(C)C(=O)N1CCCC1. The number of likely N-dealkylation sites (tertiary alicyclic amines) is 1. The lowest BCUT2D eigenvalue weighted by molar-refractivity contribution is -0.133. The Hall–Kier alpha value is -2.05. The van der Waals surface area contributed by atoms with Crippen LogP contribution in [0, 0.1) is 6.92 Å². The van der Waals surface area contributed by atoms with Crippen molar-refractivity contribution in [2.24, 2.45) is 7.05 Å². The van der Waals surface area contributed by atoms with E-state index in [1.165, 1.54) is 0 Å². The van der Waals surface area contributed by atoms with Crippen molar-refractivity contribution < 1.29 is 4.79 Å². The van der Waals surface area contributed by atoms with Crippen LogP contribution in [-0.4, -0.2) is 43.2 Å². The normalized spacial score (nSPS) is 17.1. The van der Waals surface area contributed by atoms with Crippen LogP contribution in [0.1, 0.15) is 31.5 Å². The molecule has 0 aromatic carbocycles. The quantitative estimate of drug-likeness (QED) is 0.881. The largest absolute Gasteiger partial charge is 0.369 e. The second kappa shape index (κ2) is 4.50. The summed E-state index contributed by atoms with van der Waals surface area (Å²) >= 11 is 0. The standard InChI is InChI=1S/C13H20N6O/c1-8-10-11(17(3)16-8)19(13(14)15-10)9(2)12(20)18-6-4-5-7-18/h9H,4-7H2,1-3H3,(H2,14,15). The molecular formula is C13H20N6O. The van der Waals surface area contributed by atoms with Crippen LogP contribution in [0.5, 0.6) is 0 Å². The summed E-state index contributed by atoms with van der Waals surface area (Å²) in [5, 5.41) is 4.34. The summed E-state index contributed by atoms with van der Waals surface area (Å²) in [6, 6.07) is -0.354. The number of fused-ring (bicyclic) bond motifs is 1. The predicted molar refractivity (Wildman–Crippen MR) is 76.2 cm³/mol. The fourth-order valence-corrected chi connectivity index (χ4v) is 3.01. The van der Waals surface area contributed by atoms with E-state index in [9.17, 15) is 4.79 Å². The van der Waals surface area contributed by atoms with Gasteiger partial charge in [-0.25, -0.2) is 4.98 Å². The lowest BCUT2D eigenvalue weighted by Gasteiger charge is -2.22. The molecule has 0 spiro atoms. The molecule has 7 heteroatoms. The highest BCUT2D eigenvalue weighted by Gasteiger charge is 2.28. The van der Waals surface area contributed by atoms with E-state index < -0.39 is 0 Å². The second-order valence-corrected chi connectivity index (χ2v) is 5.43. The third-order valence-electron chi connectivity index (χ3n) is 4.02. The summed E-state index contributed by atoms with van der Waals surface area (Å²) in [4.78, 5) is 18.8. The molecule has 0 radical (unpaired) electrons. The number of nitrogens with two attached hydrogens (primary N) is 1. The molecule has 7 nitrogen and oxygen atoms in total. The van der Waals surface area contributed by atoms with Crippen molar-refractivity contribution in [3.63, 3.8) is 0 Å². The van der Waals surface area contributed by atoms with Gasteiger partial charge in [0.25, 0.3) is 0 Å². The molecule has 108 valence electrons. The van der Waals surface area contributed by atoms with Crippen LogP contribution in [0.3, 0.4) is 0 Å². The van der Waals surface area contributed by atoms with Crippen LogP contribution in [-0.2, 0) is 11.8 Å². The first-order chi connectivity index (χ1) is 9.50. The molecule has 3 heterocycles. The van der Waals surface area contributed by atoms with Crippen molar-refractivity contribution in [1.29, 1.82) is 0 Å². The van der Waals surface area contributed by atoms with Gasteiger partial charge in [-0.1, -0.05) is 0 Å². The molecule has 3 rings (SSSR count). The van der Waals surface area contributed by atoms with E-state index in [0.717, 1.165) is 42.8 Å². The molecule has 1 atom stereocenters. The second-order valence-electron chi connectivity index (χ2n) is 5.43. The summed E-state index contributed by atoms with van der Waals surface area (Å²) in [6.07, 6.45) is 2.16. The lowest BCUT2D eigenvalue weighted by atomic mass is 10.3. The number of aryl methyl sites for hydroxylation is 2. The Morgan fingerprint density at radius 3 is 2.65 bits per heavy atom. The molecular weight excluding hydrogens is 256 g/mol. The van der Waals surface area contributed by atoms with E-state index in [0.29, 0.717) is 5.95 Å². The van der Waals surface area contributed by atoms with Crippen molar-refractivity contribution in [1.82, 2.24) is 24.2 Å². The number of carbonyl (C=O) groups is 1. The van der Waals surface area contributed by atoms with E-state index >= 15 is 0 Å². The molecule has 0 bridgehead atoms. The van der Waals surface area contributed by atoms with Crippen LogP contribution in [0.4, 0.5) is 5.95 Å². The van der Waals surface area contributed by atoms with Gasteiger partial charge in [-0.15, -0.1) is 0 Å². The minimum atomic E-state index is -0.354. The zero-order valence-electron chi connectivity index (χ0n) is 12.1. The first-order valence-electron chi connectivity index (χ1n) is 6.96. The Morgan fingerprint density at radius 2 is 2.00 bits per heavy atom. The maximum Gasteiger partial charge on any atom is 0.245 e. The van der Waals surface area contributed by atoms with E-state index in [1.807, 2.05) is 25.8 Å². The van der Waals surface area contributed by atoms with Gasteiger partial charge in [-0.05, 0) is 26.7 Å². The molecule has 0 saturated carbocycles. The van der Waals surface area contributed by atoms with E-state index in [2.05, 4.69) is 10.1 Å². The summed E-state index contributed by atoms with van der Waals surface area (Å²) in [5.74, 6) is 0.475. The van der Waals surface area contributed by atoms with Crippen molar-refractivity contribution in [2.45, 2.75) is 32.7 Å². The molecule has 1 fully saturated rings. The van der Waals surface area contributed by atoms with Gasteiger partial charge in [-0.3, -0.25) is 14.0 Å². The molecule has 2 N–H and O–H groups in total. The fraction of sp³-hybridized carbons (Fsp3) is 0.615. The Kier molecular flexibility index (Phi) is 2.92. The molecule has 1 saturated heterocycles. The maximum absolute atomic E-state index is 12.5. The highest BCUT2D eigenvalue weighted by molar-refractivity contribution is 5.85. The number of rotatable bonds is 2. The number of nitrogen functional groups attached to an aromatic ring is 1. The van der Waals surface area contributed by atoms with Gasteiger partial charge in [0.05, 0.1) is 5.69 Å². The first-order valence-corrected chi connectivity index (χ1v) is 6.96. The number of hydrogen-bond donors (Lipinski definition) is 1.